The minimum Gasteiger partial charge on any atom is -0.497 e. The zero-order valence-corrected chi connectivity index (χ0v) is 33.1. The fourth-order valence-electron chi connectivity index (χ4n) is 9.05. The molecule has 3 aliphatic heterocycles. The molecule has 9 nitrogen and oxygen atoms in total. The van der Waals surface area contributed by atoms with Crippen molar-refractivity contribution in [2.24, 2.45) is 5.92 Å². The van der Waals surface area contributed by atoms with Gasteiger partial charge in [-0.05, 0) is 65.6 Å². The number of rotatable bonds is 12. The number of anilines is 2. The zero-order chi connectivity index (χ0) is 38.2. The van der Waals surface area contributed by atoms with Crippen molar-refractivity contribution in [3.8, 4) is 5.75 Å². The lowest BCUT2D eigenvalue weighted by Crippen LogP contribution is -2.52. The highest BCUT2D eigenvalue weighted by molar-refractivity contribution is 6.91. The fraction of sp³-hybridized carbons (Fsp3) is 0.372. The molecule has 0 bridgehead atoms. The second-order valence-corrected chi connectivity index (χ2v) is 20.4. The fourth-order valence-corrected chi connectivity index (χ4v) is 13.2. The Bertz CT molecular complexity index is 2010. The van der Waals surface area contributed by atoms with Crippen LogP contribution in [0, 0.1) is 5.92 Å². The monoisotopic (exact) mass is 765 g/mol. The van der Waals surface area contributed by atoms with Gasteiger partial charge in [0.2, 0.25) is 11.8 Å². The number of aliphatic hydroxyl groups excluding tert-OH is 1. The highest BCUT2D eigenvalue weighted by Gasteiger charge is 2.66. The lowest BCUT2D eigenvalue weighted by Gasteiger charge is -2.37. The quantitative estimate of drug-likeness (QED) is 0.162. The minimum atomic E-state index is -2.52. The summed E-state index contributed by atoms with van der Waals surface area (Å²) < 4.78 is 12.7. The Morgan fingerprint density at radius 3 is 2.37 bits per heavy atom. The van der Waals surface area contributed by atoms with Gasteiger partial charge in [-0.25, -0.2) is 0 Å². The molecule has 0 saturated carbocycles. The van der Waals surface area contributed by atoms with Gasteiger partial charge in [0.1, 0.15) is 5.75 Å². The van der Waals surface area contributed by atoms with Crippen molar-refractivity contribution in [2.75, 3.05) is 36.6 Å². The Balaban J connectivity index is 1.26. The topological polar surface area (TPSA) is 99.6 Å². The van der Waals surface area contributed by atoms with Crippen LogP contribution in [0.2, 0.25) is 23.7 Å². The maximum absolute atomic E-state index is 15.2. The van der Waals surface area contributed by atoms with Gasteiger partial charge in [0, 0.05) is 48.2 Å². The lowest BCUT2D eigenvalue weighted by molar-refractivity contribution is -0.150. The maximum atomic E-state index is 15.2. The number of aliphatic hydroxyl groups is 1. The third kappa shape index (κ3) is 6.85. The summed E-state index contributed by atoms with van der Waals surface area (Å²) >= 11 is 6.70. The number of nitrogens with zero attached hydrogens (tertiary/aromatic N) is 3. The van der Waals surface area contributed by atoms with Gasteiger partial charge < -0.3 is 29.3 Å². The van der Waals surface area contributed by atoms with Gasteiger partial charge in [-0.2, -0.15) is 0 Å². The molecular weight excluding hydrogens is 718 g/mol. The van der Waals surface area contributed by atoms with Crippen LogP contribution in [0.25, 0.3) is 0 Å². The van der Waals surface area contributed by atoms with Gasteiger partial charge in [0.25, 0.3) is 5.91 Å². The molecule has 1 N–H and O–H groups in total. The molecule has 7 rings (SSSR count). The van der Waals surface area contributed by atoms with E-state index >= 15 is 4.79 Å². The minimum absolute atomic E-state index is 0.0516. The normalized spacial score (nSPS) is 22.3. The molecule has 0 unspecified atom stereocenters. The number of carbonyl (C=O) groups is 3. The van der Waals surface area contributed by atoms with Crippen LogP contribution in [0.5, 0.6) is 5.75 Å². The number of carbonyl (C=O) groups excluding carboxylic acids is 3. The predicted molar refractivity (Wildman–Crippen MR) is 214 cm³/mol. The number of amides is 3. The molecule has 4 aromatic rings. The van der Waals surface area contributed by atoms with E-state index in [2.05, 4.69) is 32.2 Å². The van der Waals surface area contributed by atoms with Crippen LogP contribution in [0.15, 0.2) is 97.1 Å². The molecular formula is C43H48ClN3O6Si. The molecule has 2 fully saturated rings. The van der Waals surface area contributed by atoms with E-state index in [4.69, 9.17) is 21.1 Å². The van der Waals surface area contributed by atoms with E-state index in [0.717, 1.165) is 34.7 Å². The van der Waals surface area contributed by atoms with Crippen molar-refractivity contribution < 1.29 is 29.0 Å². The Morgan fingerprint density at radius 1 is 1.00 bits per heavy atom. The van der Waals surface area contributed by atoms with Gasteiger partial charge in [-0.1, -0.05) is 91.4 Å². The summed E-state index contributed by atoms with van der Waals surface area (Å²) in [6.07, 6.45) is 0.861. The predicted octanol–water partition coefficient (Wildman–Crippen LogP) is 6.65. The van der Waals surface area contributed by atoms with Crippen molar-refractivity contribution in [3.05, 3.63) is 119 Å². The summed E-state index contributed by atoms with van der Waals surface area (Å²) in [5, 5.41) is 11.7. The van der Waals surface area contributed by atoms with Gasteiger partial charge in [-0.3, -0.25) is 14.4 Å². The van der Waals surface area contributed by atoms with Gasteiger partial charge >= 0.3 is 0 Å². The third-order valence-corrected chi connectivity index (χ3v) is 16.4. The number of ether oxygens (including phenoxy) is 2. The SMILES string of the molecule is COc1ccc([Si](C)(C)[C@H]2[C@H](CC(=O)N(CCO)Cc3ccccc3)O[C@@]3(C(=O)N(Cc4ccc(N5CCCC5=O)cc4)c4ccc(Cl)cc43)[C@@H]2C)cc1. The molecule has 0 radical (unpaired) electrons. The summed E-state index contributed by atoms with van der Waals surface area (Å²) in [6.45, 7) is 8.04. The van der Waals surface area contributed by atoms with Crippen LogP contribution in [-0.2, 0) is 37.8 Å². The summed E-state index contributed by atoms with van der Waals surface area (Å²) in [5.74, 6) is 0.241. The second kappa shape index (κ2) is 15.3. The van der Waals surface area contributed by atoms with Crippen molar-refractivity contribution in [2.45, 2.75) is 69.6 Å². The van der Waals surface area contributed by atoms with Crippen molar-refractivity contribution in [1.29, 1.82) is 0 Å². The van der Waals surface area contributed by atoms with E-state index < -0.39 is 19.8 Å². The van der Waals surface area contributed by atoms with E-state index in [1.165, 1.54) is 5.19 Å². The lowest BCUT2D eigenvalue weighted by atomic mass is 9.82. The number of fused-ring (bicyclic) bond motifs is 2. The highest BCUT2D eigenvalue weighted by Crippen LogP contribution is 2.60. The van der Waals surface area contributed by atoms with Crippen LogP contribution >= 0.6 is 11.6 Å². The Kier molecular flexibility index (Phi) is 10.7. The molecule has 54 heavy (non-hydrogen) atoms. The van der Waals surface area contributed by atoms with E-state index in [9.17, 15) is 14.7 Å². The summed E-state index contributed by atoms with van der Waals surface area (Å²) in [4.78, 5) is 47.2. The zero-order valence-electron chi connectivity index (χ0n) is 31.3. The summed E-state index contributed by atoms with van der Waals surface area (Å²) in [7, 11) is -0.873. The van der Waals surface area contributed by atoms with E-state index in [0.29, 0.717) is 36.6 Å². The number of methoxy groups -OCH3 is 1. The number of hydrogen-bond donors (Lipinski definition) is 1. The van der Waals surface area contributed by atoms with Gasteiger partial charge in [0.05, 0.1) is 46.5 Å². The van der Waals surface area contributed by atoms with E-state index in [1.807, 2.05) is 83.8 Å². The number of halogens is 1. The first kappa shape index (κ1) is 37.8. The second-order valence-electron chi connectivity index (χ2n) is 15.3. The first-order valence-electron chi connectivity index (χ1n) is 18.7. The van der Waals surface area contributed by atoms with Crippen molar-refractivity contribution >= 4 is 54.0 Å². The molecule has 4 aromatic carbocycles. The molecule has 282 valence electrons. The molecule has 0 aliphatic carbocycles. The van der Waals surface area contributed by atoms with Crippen LogP contribution < -0.4 is 19.7 Å². The Morgan fingerprint density at radius 2 is 1.72 bits per heavy atom. The van der Waals surface area contributed by atoms with Gasteiger partial charge in [-0.15, -0.1) is 0 Å². The largest absolute Gasteiger partial charge is 0.497 e. The van der Waals surface area contributed by atoms with Crippen LogP contribution in [0.4, 0.5) is 11.4 Å². The van der Waals surface area contributed by atoms with Gasteiger partial charge in [0.15, 0.2) is 5.60 Å². The molecule has 3 amide bonds. The average molecular weight is 766 g/mol. The summed E-state index contributed by atoms with van der Waals surface area (Å²) in [6, 6.07) is 31.2. The number of benzene rings is 4. The third-order valence-electron chi connectivity index (χ3n) is 11.8. The summed E-state index contributed by atoms with van der Waals surface area (Å²) in [5.41, 5.74) is 2.64. The Hall–Kier alpha value is -4.48. The number of hydrogen-bond acceptors (Lipinski definition) is 6. The molecule has 4 atom stereocenters. The molecule has 0 aromatic heterocycles. The maximum Gasteiger partial charge on any atom is 0.264 e. The average Bonchev–Trinajstić information content (AvgIpc) is 3.80. The highest BCUT2D eigenvalue weighted by atomic mass is 35.5. The van der Waals surface area contributed by atoms with E-state index in [1.54, 1.807) is 23.0 Å². The standard InChI is InChI=1S/C43H48ClN3O6Si/c1-29-41(54(3,4)35-19-17-34(52-2)18-20-35)38(26-40(50)45(23-24-48)27-30-9-6-5-7-10-30)53-43(29)36-25-32(44)14-21-37(36)47(42(43)51)28-31-12-15-33(16-13-31)46-22-8-11-39(46)49/h5-7,9-10,12-21,25,29,38,41,48H,8,11,22-24,26-28H2,1-4H3/t29-,38+,41-,43+/m1/s1. The molecule has 1 spiro atoms. The molecule has 2 saturated heterocycles. The molecule has 11 heteroatoms. The van der Waals surface area contributed by atoms with Crippen LogP contribution in [0.3, 0.4) is 0 Å². The Labute approximate surface area is 323 Å². The van der Waals surface area contributed by atoms with Crippen LogP contribution in [0.1, 0.15) is 42.9 Å². The van der Waals surface area contributed by atoms with Crippen molar-refractivity contribution in [1.82, 2.24) is 4.90 Å². The first-order valence-corrected chi connectivity index (χ1v) is 22.2. The van der Waals surface area contributed by atoms with Crippen molar-refractivity contribution in [3.63, 3.8) is 0 Å². The first-order chi connectivity index (χ1) is 26.0. The smallest absolute Gasteiger partial charge is 0.264 e. The van der Waals surface area contributed by atoms with Crippen LogP contribution in [-0.4, -0.2) is 68.7 Å². The molecule has 3 aliphatic rings. The van der Waals surface area contributed by atoms with E-state index in [-0.39, 0.29) is 48.8 Å². The molecule has 3 heterocycles.